The van der Waals surface area contributed by atoms with Crippen molar-refractivity contribution in [3.8, 4) is 0 Å². The molecule has 1 N–H and O–H groups in total. The Kier molecular flexibility index (Phi) is 5.12. The molecule has 1 fully saturated rings. The summed E-state index contributed by atoms with van der Waals surface area (Å²) < 4.78 is 10.1. The van der Waals surface area contributed by atoms with Gasteiger partial charge in [-0.2, -0.15) is 0 Å². The fourth-order valence-corrected chi connectivity index (χ4v) is 2.01. The smallest absolute Gasteiger partial charge is 0.335 e. The number of anilines is 1. The molecule has 0 unspecified atom stereocenters. The fraction of sp³-hybridized carbons (Fsp3) is 0.467. The number of esters is 1. The molecule has 5 nitrogen and oxygen atoms in total. The largest absolute Gasteiger partial charge is 0.454 e. The van der Waals surface area contributed by atoms with E-state index in [1.165, 1.54) is 5.56 Å². The first-order chi connectivity index (χ1) is 9.69. The number of amides is 1. The van der Waals surface area contributed by atoms with Crippen LogP contribution in [0.1, 0.15) is 25.3 Å². The average Bonchev–Trinajstić information content (AvgIpc) is 3.00. The fourth-order valence-electron chi connectivity index (χ4n) is 2.01. The molecule has 1 aliphatic heterocycles. The predicted molar refractivity (Wildman–Crippen MR) is 74.4 cm³/mol. The van der Waals surface area contributed by atoms with Gasteiger partial charge in [0.2, 0.25) is 0 Å². The third-order valence-corrected chi connectivity index (χ3v) is 3.18. The Hall–Kier alpha value is -1.88. The van der Waals surface area contributed by atoms with Crippen molar-refractivity contribution in [1.29, 1.82) is 0 Å². The van der Waals surface area contributed by atoms with Gasteiger partial charge in [-0.1, -0.05) is 19.1 Å². The summed E-state index contributed by atoms with van der Waals surface area (Å²) in [6.45, 7) is 2.36. The van der Waals surface area contributed by atoms with Crippen LogP contribution in [0.3, 0.4) is 0 Å². The maximum Gasteiger partial charge on any atom is 0.335 e. The van der Waals surface area contributed by atoms with E-state index >= 15 is 0 Å². The van der Waals surface area contributed by atoms with Crippen LogP contribution in [0, 0.1) is 0 Å². The molecule has 1 heterocycles. The van der Waals surface area contributed by atoms with Crippen molar-refractivity contribution >= 4 is 17.6 Å². The lowest BCUT2D eigenvalue weighted by molar-refractivity contribution is -0.156. The first-order valence-corrected chi connectivity index (χ1v) is 6.86. The zero-order chi connectivity index (χ0) is 14.4. The van der Waals surface area contributed by atoms with Gasteiger partial charge in [0, 0.05) is 12.3 Å². The van der Waals surface area contributed by atoms with Crippen molar-refractivity contribution in [3.63, 3.8) is 0 Å². The number of benzene rings is 1. The minimum absolute atomic E-state index is 0.284. The zero-order valence-electron chi connectivity index (χ0n) is 11.6. The van der Waals surface area contributed by atoms with Gasteiger partial charge in [0.15, 0.2) is 12.7 Å². The van der Waals surface area contributed by atoms with E-state index in [4.69, 9.17) is 9.47 Å². The van der Waals surface area contributed by atoms with Gasteiger partial charge in [0.05, 0.1) is 0 Å². The van der Waals surface area contributed by atoms with Crippen LogP contribution in [-0.2, 0) is 25.5 Å². The highest BCUT2D eigenvalue weighted by Gasteiger charge is 2.25. The monoisotopic (exact) mass is 277 g/mol. The zero-order valence-corrected chi connectivity index (χ0v) is 11.6. The van der Waals surface area contributed by atoms with Gasteiger partial charge >= 0.3 is 5.97 Å². The maximum atomic E-state index is 11.7. The summed E-state index contributed by atoms with van der Waals surface area (Å²) >= 11 is 0. The first kappa shape index (κ1) is 14.5. The van der Waals surface area contributed by atoms with Gasteiger partial charge < -0.3 is 14.8 Å². The first-order valence-electron chi connectivity index (χ1n) is 6.86. The van der Waals surface area contributed by atoms with E-state index in [0.717, 1.165) is 12.8 Å². The molecule has 1 aliphatic rings. The lowest BCUT2D eigenvalue weighted by atomic mass is 10.1. The van der Waals surface area contributed by atoms with Gasteiger partial charge in [-0.15, -0.1) is 0 Å². The van der Waals surface area contributed by atoms with Crippen molar-refractivity contribution in [1.82, 2.24) is 0 Å². The lowest BCUT2D eigenvalue weighted by Gasteiger charge is -2.10. The Balaban J connectivity index is 1.75. The Labute approximate surface area is 118 Å². The van der Waals surface area contributed by atoms with Crippen LogP contribution in [0.25, 0.3) is 0 Å². The molecule has 2 rings (SSSR count). The molecule has 0 aromatic heterocycles. The van der Waals surface area contributed by atoms with E-state index < -0.39 is 12.1 Å². The standard InChI is InChI=1S/C15H19NO4/c1-2-11-5-7-12(8-6-11)16-14(17)10-20-15(18)13-4-3-9-19-13/h5-8,13H,2-4,9-10H2,1H3,(H,16,17)/t13-/m0/s1. The number of nitrogens with one attached hydrogen (secondary N) is 1. The maximum absolute atomic E-state index is 11.7. The summed E-state index contributed by atoms with van der Waals surface area (Å²) in [5.74, 6) is -0.806. The highest BCUT2D eigenvalue weighted by atomic mass is 16.6. The molecule has 0 aliphatic carbocycles. The molecule has 108 valence electrons. The van der Waals surface area contributed by atoms with Gasteiger partial charge in [-0.25, -0.2) is 4.79 Å². The summed E-state index contributed by atoms with van der Waals surface area (Å²) in [5, 5.41) is 2.68. The topological polar surface area (TPSA) is 64.6 Å². The third kappa shape index (κ3) is 4.06. The minimum atomic E-state index is -0.508. The molecular formula is C15H19NO4. The van der Waals surface area contributed by atoms with Crippen LogP contribution in [0.15, 0.2) is 24.3 Å². The molecule has 0 radical (unpaired) electrons. The Bertz CT molecular complexity index is 463. The van der Waals surface area contributed by atoms with Crippen LogP contribution in [0.2, 0.25) is 0 Å². The quantitative estimate of drug-likeness (QED) is 0.835. The van der Waals surface area contributed by atoms with Crippen molar-refractivity contribution in [2.75, 3.05) is 18.5 Å². The number of carbonyl (C=O) groups is 2. The summed E-state index contributed by atoms with van der Waals surface area (Å²) in [6, 6.07) is 7.57. The van der Waals surface area contributed by atoms with E-state index in [1.54, 1.807) is 0 Å². The van der Waals surface area contributed by atoms with Crippen LogP contribution < -0.4 is 5.32 Å². The minimum Gasteiger partial charge on any atom is -0.454 e. The molecule has 0 saturated carbocycles. The summed E-state index contributed by atoms with van der Waals surface area (Å²) in [5.41, 5.74) is 1.90. The molecule has 1 amide bonds. The molecule has 0 bridgehead atoms. The third-order valence-electron chi connectivity index (χ3n) is 3.18. The Morgan fingerprint density at radius 2 is 2.10 bits per heavy atom. The van der Waals surface area contributed by atoms with E-state index in [-0.39, 0.29) is 12.5 Å². The molecule has 5 heteroatoms. The number of ether oxygens (including phenoxy) is 2. The number of hydrogen-bond donors (Lipinski definition) is 1. The van der Waals surface area contributed by atoms with Crippen LogP contribution in [0.5, 0.6) is 0 Å². The van der Waals surface area contributed by atoms with E-state index in [0.29, 0.717) is 18.7 Å². The van der Waals surface area contributed by atoms with Crippen molar-refractivity contribution in [2.24, 2.45) is 0 Å². The number of rotatable bonds is 5. The van der Waals surface area contributed by atoms with Crippen molar-refractivity contribution < 1.29 is 19.1 Å². The van der Waals surface area contributed by atoms with Gasteiger partial charge in [-0.3, -0.25) is 4.79 Å². The second-order valence-corrected chi connectivity index (χ2v) is 4.71. The highest BCUT2D eigenvalue weighted by molar-refractivity contribution is 5.93. The summed E-state index contributed by atoms with van der Waals surface area (Å²) in [4.78, 5) is 23.2. The van der Waals surface area contributed by atoms with Crippen molar-refractivity contribution in [3.05, 3.63) is 29.8 Å². The van der Waals surface area contributed by atoms with Crippen LogP contribution in [-0.4, -0.2) is 31.2 Å². The average molecular weight is 277 g/mol. The molecule has 0 spiro atoms. The summed E-state index contributed by atoms with van der Waals surface area (Å²) in [7, 11) is 0. The number of hydrogen-bond acceptors (Lipinski definition) is 4. The molecule has 1 aromatic carbocycles. The second-order valence-electron chi connectivity index (χ2n) is 4.71. The Morgan fingerprint density at radius 1 is 1.35 bits per heavy atom. The normalized spacial score (nSPS) is 17.8. The molecule has 1 aromatic rings. The van der Waals surface area contributed by atoms with E-state index in [1.807, 2.05) is 24.3 Å². The lowest BCUT2D eigenvalue weighted by Crippen LogP contribution is -2.27. The van der Waals surface area contributed by atoms with Gasteiger partial charge in [0.1, 0.15) is 0 Å². The second kappa shape index (κ2) is 7.05. The highest BCUT2D eigenvalue weighted by Crippen LogP contribution is 2.13. The van der Waals surface area contributed by atoms with Gasteiger partial charge in [0.25, 0.3) is 5.91 Å². The molecule has 20 heavy (non-hydrogen) atoms. The van der Waals surface area contributed by atoms with E-state index in [9.17, 15) is 9.59 Å². The number of aryl methyl sites for hydroxylation is 1. The molecular weight excluding hydrogens is 258 g/mol. The van der Waals surface area contributed by atoms with Crippen LogP contribution >= 0.6 is 0 Å². The van der Waals surface area contributed by atoms with Crippen LogP contribution in [0.4, 0.5) is 5.69 Å². The molecule has 1 saturated heterocycles. The SMILES string of the molecule is CCc1ccc(NC(=O)COC(=O)[C@@H]2CCCO2)cc1. The van der Waals surface area contributed by atoms with Crippen molar-refractivity contribution in [2.45, 2.75) is 32.3 Å². The van der Waals surface area contributed by atoms with Gasteiger partial charge in [-0.05, 0) is 37.0 Å². The Morgan fingerprint density at radius 3 is 2.70 bits per heavy atom. The summed E-state index contributed by atoms with van der Waals surface area (Å²) in [6.07, 6.45) is 1.97. The predicted octanol–water partition coefficient (Wildman–Crippen LogP) is 1.91. The number of carbonyl (C=O) groups excluding carboxylic acids is 2. The van der Waals surface area contributed by atoms with E-state index in [2.05, 4.69) is 12.2 Å². The molecule has 1 atom stereocenters.